The quantitative estimate of drug-likeness (QED) is 0.0445. The molecule has 12 aliphatic carbocycles. The standard InChI is InChI=1S/C52H59NO6.C36H48N2O4.C31H33NO3/c1-33-34-14-6-4-12-26-51(33,2)45-30-38(22-20-35(45)28-34)58-47(54)24-25-48(55)59-39-23-21-36-29-37-15-7-5-13-27-52(3,46(36)31-39)49(37)53-50(56)57-32-44-42-18-10-8-16-40(42)41-17-9-11-19-43(41)44;1-35-17-7-3-5-9-25(33(35)37)19-23-11-13-27(21-29(23)35)41-31(39)15-16-32(40)42-28-14-12-24-20-26-10-6-4-8-18-36(2,34(26)38)30(24)22-28;1-31-16-8-2-3-9-21(17-20-14-15-22(33)18-28(20)31)29(31)32-30(34)35-19-27-25-12-6-4-10-23(25)24-11-5-7-13-26(24)27/h8-11,16-23,30-31,33-34,37,44,49H,4-7,12-15,24-29,32H2,1-3H3,(H,53,56);11-14,21-22,25-26,33-34H,3-10,15-20,37-38H2,1-2H3;4-7,10-15,18,21,27,29,33H,2-3,8-9,16-17,19H2,1H3,(H,32,34)/t33-,34-,37-,49-,51-,52+;25-,26-,33-,34-,35+,36+;21-,29-,31+/m000/s1. The highest BCUT2D eigenvalue weighted by atomic mass is 16.6. The molecule has 17 heteroatoms. The monoisotopic (exact) mass is 1830 g/mol. The van der Waals surface area contributed by atoms with E-state index < -0.39 is 23.9 Å². The molecule has 0 unspecified atom stereocenters. The van der Waals surface area contributed by atoms with E-state index >= 15 is 0 Å². The Bertz CT molecular complexity index is 5770. The number of esters is 4. The maximum atomic E-state index is 13.7. The maximum absolute atomic E-state index is 13.7. The number of hydrogen-bond acceptors (Lipinski definition) is 15. The van der Waals surface area contributed by atoms with Crippen LogP contribution >= 0.6 is 0 Å². The molecule has 0 radical (unpaired) electrons. The number of alkyl carbamates (subject to hydrolysis) is 2. The van der Waals surface area contributed by atoms with E-state index in [-0.39, 0.29) is 113 Å². The fourth-order valence-corrected chi connectivity index (χ4v) is 27.8. The molecule has 0 saturated heterocycles. The van der Waals surface area contributed by atoms with Gasteiger partial charge in [-0.15, -0.1) is 0 Å². The van der Waals surface area contributed by atoms with Crippen LogP contribution in [0.3, 0.4) is 0 Å². The lowest BCUT2D eigenvalue weighted by molar-refractivity contribution is -0.140. The first kappa shape index (κ1) is 94.1. The van der Waals surface area contributed by atoms with Gasteiger partial charge in [0.2, 0.25) is 0 Å². The average Bonchev–Trinajstić information content (AvgIpc) is 1.39. The molecular formula is C119H140N4O13. The van der Waals surface area contributed by atoms with Crippen molar-refractivity contribution in [1.29, 1.82) is 0 Å². The summed E-state index contributed by atoms with van der Waals surface area (Å²) in [4.78, 5) is 78.9. The van der Waals surface area contributed by atoms with Gasteiger partial charge >= 0.3 is 36.1 Å². The third-order valence-corrected chi connectivity index (χ3v) is 35.5. The second kappa shape index (κ2) is 39.9. The molecule has 9 aromatic carbocycles. The molecule has 12 aliphatic rings. The highest BCUT2D eigenvalue weighted by molar-refractivity contribution is 5.83. The molecule has 0 aliphatic heterocycles. The van der Waals surface area contributed by atoms with Gasteiger partial charge in [-0.2, -0.15) is 0 Å². The van der Waals surface area contributed by atoms with Gasteiger partial charge in [0.25, 0.3) is 0 Å². The molecule has 10 bridgehead atoms. The molecule has 714 valence electrons. The Kier molecular flexibility index (Phi) is 27.6. The van der Waals surface area contributed by atoms with E-state index in [0.29, 0.717) is 64.9 Å². The number of phenolic OH excluding ortho intramolecular Hbond substituents is 1. The topological polar surface area (TPSA) is 254 Å². The molecule has 0 spiro atoms. The summed E-state index contributed by atoms with van der Waals surface area (Å²) < 4.78 is 35.2. The zero-order valence-electron chi connectivity index (χ0n) is 80.8. The van der Waals surface area contributed by atoms with Crippen LogP contribution in [0.4, 0.5) is 9.59 Å². The smallest absolute Gasteiger partial charge is 0.407 e. The van der Waals surface area contributed by atoms with Crippen LogP contribution in [0.1, 0.15) is 317 Å². The van der Waals surface area contributed by atoms with Gasteiger partial charge in [-0.1, -0.05) is 265 Å². The van der Waals surface area contributed by atoms with Crippen LogP contribution in [0.25, 0.3) is 22.3 Å². The van der Waals surface area contributed by atoms with Gasteiger partial charge in [0, 0.05) is 57.7 Å². The summed E-state index contributed by atoms with van der Waals surface area (Å²) in [7, 11) is 0. The molecular weight excluding hydrogens is 1690 g/mol. The minimum atomic E-state index is -0.473. The Hall–Kier alpha value is -10.9. The number of ether oxygens (including phenoxy) is 6. The lowest BCUT2D eigenvalue weighted by atomic mass is 9.57. The Morgan fingerprint density at radius 1 is 0.324 bits per heavy atom. The van der Waals surface area contributed by atoms with Gasteiger partial charge in [-0.3, -0.25) is 19.2 Å². The fourth-order valence-electron chi connectivity index (χ4n) is 27.8. The number of nitrogens with two attached hydrogens (primary N) is 2. The van der Waals surface area contributed by atoms with E-state index in [1.54, 1.807) is 6.07 Å². The maximum Gasteiger partial charge on any atom is 0.407 e. The summed E-state index contributed by atoms with van der Waals surface area (Å²) in [5, 5.41) is 16.9. The van der Waals surface area contributed by atoms with Crippen molar-refractivity contribution in [2.24, 2.45) is 47.0 Å². The third-order valence-electron chi connectivity index (χ3n) is 35.5. The highest BCUT2D eigenvalue weighted by Gasteiger charge is 2.52. The third kappa shape index (κ3) is 19.0. The Morgan fingerprint density at radius 2 is 0.596 bits per heavy atom. The first-order valence-electron chi connectivity index (χ1n) is 51.8. The van der Waals surface area contributed by atoms with Crippen molar-refractivity contribution in [2.45, 2.75) is 323 Å². The van der Waals surface area contributed by atoms with Crippen LogP contribution < -0.4 is 41.0 Å². The Labute approximate surface area is 804 Å². The number of carbonyl (C=O) groups is 6. The van der Waals surface area contributed by atoms with Crippen LogP contribution in [-0.2, 0) is 87.8 Å². The van der Waals surface area contributed by atoms with Gasteiger partial charge in [-0.25, -0.2) is 9.59 Å². The van der Waals surface area contributed by atoms with Gasteiger partial charge in [0.1, 0.15) is 42.0 Å². The molecule has 21 rings (SSSR count). The molecule has 9 aromatic rings. The Balaban J connectivity index is 0.000000136. The molecule has 2 amide bonds. The van der Waals surface area contributed by atoms with Crippen LogP contribution in [0.2, 0.25) is 0 Å². The predicted molar refractivity (Wildman–Crippen MR) is 532 cm³/mol. The summed E-state index contributed by atoms with van der Waals surface area (Å²) in [5.74, 6) is 3.56. The van der Waals surface area contributed by atoms with E-state index in [1.807, 2.05) is 60.7 Å². The molecule has 0 aromatic heterocycles. The number of hydrogen-bond donors (Lipinski definition) is 5. The zero-order valence-corrected chi connectivity index (χ0v) is 80.8. The van der Waals surface area contributed by atoms with Crippen LogP contribution in [0.5, 0.6) is 28.7 Å². The molecule has 136 heavy (non-hydrogen) atoms. The van der Waals surface area contributed by atoms with Gasteiger partial charge < -0.3 is 55.6 Å². The number of carbonyl (C=O) groups excluding carboxylic acids is 6. The number of fused-ring (bicyclic) bond motifs is 26. The summed E-state index contributed by atoms with van der Waals surface area (Å²) in [6, 6.07) is 63.6. The summed E-state index contributed by atoms with van der Waals surface area (Å²) >= 11 is 0. The lowest BCUT2D eigenvalue weighted by Gasteiger charge is -2.49. The molecule has 17 nitrogen and oxygen atoms in total. The number of amides is 2. The van der Waals surface area contributed by atoms with E-state index in [4.69, 9.17) is 39.9 Å². The molecule has 7 N–H and O–H groups in total. The number of aromatic hydroxyl groups is 1. The minimum Gasteiger partial charge on any atom is -0.508 e. The van der Waals surface area contributed by atoms with Crippen molar-refractivity contribution >= 4 is 36.1 Å². The first-order chi connectivity index (χ1) is 65.8. The van der Waals surface area contributed by atoms with E-state index in [0.717, 1.165) is 108 Å². The largest absolute Gasteiger partial charge is 0.508 e. The van der Waals surface area contributed by atoms with Crippen molar-refractivity contribution in [3.05, 3.63) is 266 Å². The van der Waals surface area contributed by atoms with Crippen LogP contribution in [0, 0.1) is 35.5 Å². The fraction of sp³-hybridized carbons (Fsp3) is 0.496. The predicted octanol–water partition coefficient (Wildman–Crippen LogP) is 24.4. The normalized spacial score (nSPS) is 28.0. The molecule has 5 saturated carbocycles. The Morgan fingerprint density at radius 3 is 0.949 bits per heavy atom. The first-order valence-corrected chi connectivity index (χ1v) is 51.8. The van der Waals surface area contributed by atoms with Crippen molar-refractivity contribution in [2.75, 3.05) is 13.2 Å². The SMILES string of the molecule is C[C@@]12CCCCC[C@@H](Cc3ccc(O)cc31)[C@@H]2NC(=O)OCC1c2ccccc2-c2ccccc21.C[C@@]12CCCCC[C@@H](Cc3ccc(OC(=O)CCC(=O)Oc4ccc5c(c4)[C@@]4(C)CCCCC[C@@H](C5)[C@@H]4N)cc31)[C@@H]2N.C[C@H]1[C@H]2CCCCC[C@]1(C)c1cc(OC(=O)CCC(=O)Oc3ccc4c(c3)[C@@]3(C)CCCCC[C@@H](C4)[C@@H]3NC(=O)OCC3c4ccccc4-c4ccccc43)ccc1C2. The van der Waals surface area contributed by atoms with Crippen LogP contribution in [-0.4, -0.2) is 78.6 Å². The van der Waals surface area contributed by atoms with Gasteiger partial charge in [-0.05, 0) is 298 Å². The summed E-state index contributed by atoms with van der Waals surface area (Å²) in [6.45, 7) is 14.5. The zero-order chi connectivity index (χ0) is 94.2. The van der Waals surface area contributed by atoms with Crippen molar-refractivity contribution in [1.82, 2.24) is 10.6 Å². The second-order valence-electron chi connectivity index (χ2n) is 43.7. The van der Waals surface area contributed by atoms with Gasteiger partial charge in [0.05, 0.1) is 25.7 Å². The number of nitrogens with one attached hydrogen (secondary N) is 2. The molecule has 0 heterocycles. The van der Waals surface area contributed by atoms with E-state index in [1.165, 1.54) is 184 Å². The summed E-state index contributed by atoms with van der Waals surface area (Å²) in [6.07, 6.45) is 32.8. The van der Waals surface area contributed by atoms with Crippen molar-refractivity contribution < 1.29 is 62.3 Å². The average molecular weight is 1830 g/mol. The van der Waals surface area contributed by atoms with E-state index in [9.17, 15) is 33.9 Å². The minimum absolute atomic E-state index is 0.00671. The van der Waals surface area contributed by atoms with Crippen molar-refractivity contribution in [3.63, 3.8) is 0 Å². The number of benzene rings is 9. The number of phenols is 1. The molecule has 5 fully saturated rings. The van der Waals surface area contributed by atoms with Gasteiger partial charge in [0.15, 0.2) is 0 Å². The molecule has 15 atom stereocenters. The second-order valence-corrected chi connectivity index (χ2v) is 43.7. The lowest BCUT2D eigenvalue weighted by Crippen LogP contribution is -2.57. The van der Waals surface area contributed by atoms with Crippen molar-refractivity contribution in [3.8, 4) is 51.0 Å². The van der Waals surface area contributed by atoms with E-state index in [2.05, 4.69) is 174 Å². The highest BCUT2D eigenvalue weighted by Crippen LogP contribution is 2.56. The summed E-state index contributed by atoms with van der Waals surface area (Å²) in [5.41, 5.74) is 35.2. The van der Waals surface area contributed by atoms with Crippen LogP contribution in [0.15, 0.2) is 188 Å². The number of rotatable bonds is 16.